The molecule has 2 aliphatic carbocycles. The fourth-order valence-corrected chi connectivity index (χ4v) is 4.56. The first-order valence-corrected chi connectivity index (χ1v) is 9.83. The van der Waals surface area contributed by atoms with Crippen LogP contribution >= 0.6 is 11.6 Å². The van der Waals surface area contributed by atoms with E-state index in [9.17, 15) is 5.11 Å². The van der Waals surface area contributed by atoms with Crippen molar-refractivity contribution < 1.29 is 5.11 Å². The summed E-state index contributed by atoms with van der Waals surface area (Å²) in [6.45, 7) is 0. The second-order valence-corrected chi connectivity index (χ2v) is 8.15. The van der Waals surface area contributed by atoms with Crippen molar-refractivity contribution in [2.45, 2.75) is 50.2 Å². The van der Waals surface area contributed by atoms with Crippen LogP contribution in [0.3, 0.4) is 0 Å². The van der Waals surface area contributed by atoms with Crippen LogP contribution in [-0.2, 0) is 0 Å². The van der Waals surface area contributed by atoms with E-state index in [0.29, 0.717) is 17.0 Å². The third-order valence-electron chi connectivity index (χ3n) is 6.00. The van der Waals surface area contributed by atoms with E-state index in [1.54, 1.807) is 6.33 Å². The molecule has 3 atom stereocenters. The summed E-state index contributed by atoms with van der Waals surface area (Å²) in [6, 6.07) is 10.1. The van der Waals surface area contributed by atoms with Crippen molar-refractivity contribution in [2.24, 2.45) is 5.92 Å². The molecule has 2 fully saturated rings. The Hall–Kier alpha value is -1.91. The monoisotopic (exact) mass is 367 g/mol. The first kappa shape index (κ1) is 16.3. The number of aliphatic hydroxyl groups is 1. The van der Waals surface area contributed by atoms with Gasteiger partial charge in [-0.15, -0.1) is 0 Å². The second kappa shape index (κ2) is 6.36. The molecule has 134 valence electrons. The molecule has 0 saturated heterocycles. The molecule has 2 saturated carbocycles. The summed E-state index contributed by atoms with van der Waals surface area (Å²) in [6.07, 6.45) is 8.99. The van der Waals surface area contributed by atoms with Crippen LogP contribution in [0.5, 0.6) is 0 Å². The predicted octanol–water partition coefficient (Wildman–Crippen LogP) is 5.04. The van der Waals surface area contributed by atoms with Crippen molar-refractivity contribution in [2.75, 3.05) is 0 Å². The number of aliphatic hydroxyl groups excluding tert-OH is 1. The Balaban J connectivity index is 1.38. The van der Waals surface area contributed by atoms with Crippen LogP contribution in [0.1, 0.15) is 61.4 Å². The van der Waals surface area contributed by atoms with E-state index in [0.717, 1.165) is 30.5 Å². The SMILES string of the molecule is OC(c1ccc(Cl)cc1)C1CCC(n2ccc3c(C4CC4)ncnc32)C1. The highest BCUT2D eigenvalue weighted by atomic mass is 35.5. The smallest absolute Gasteiger partial charge is 0.143 e. The maximum atomic E-state index is 10.8. The van der Waals surface area contributed by atoms with E-state index in [-0.39, 0.29) is 5.92 Å². The van der Waals surface area contributed by atoms with Crippen molar-refractivity contribution in [3.63, 3.8) is 0 Å². The lowest BCUT2D eigenvalue weighted by Gasteiger charge is -2.19. The zero-order valence-electron chi connectivity index (χ0n) is 14.6. The van der Waals surface area contributed by atoms with Crippen molar-refractivity contribution in [1.29, 1.82) is 0 Å². The minimum absolute atomic E-state index is 0.267. The van der Waals surface area contributed by atoms with Crippen LogP contribution in [0.25, 0.3) is 11.0 Å². The summed E-state index contributed by atoms with van der Waals surface area (Å²) in [5.74, 6) is 0.891. The Morgan fingerprint density at radius 1 is 1.04 bits per heavy atom. The number of benzene rings is 1. The molecule has 3 unspecified atom stereocenters. The summed E-state index contributed by atoms with van der Waals surface area (Å²) < 4.78 is 2.30. The second-order valence-electron chi connectivity index (χ2n) is 7.72. The van der Waals surface area contributed by atoms with Gasteiger partial charge in [0.15, 0.2) is 0 Å². The largest absolute Gasteiger partial charge is 0.388 e. The number of nitrogens with zero attached hydrogens (tertiary/aromatic N) is 3. The fourth-order valence-electron chi connectivity index (χ4n) is 4.43. The van der Waals surface area contributed by atoms with Gasteiger partial charge in [0, 0.05) is 28.6 Å². The molecule has 0 bridgehead atoms. The molecule has 26 heavy (non-hydrogen) atoms. The number of hydrogen-bond acceptors (Lipinski definition) is 3. The highest BCUT2D eigenvalue weighted by Crippen LogP contribution is 2.45. The van der Waals surface area contributed by atoms with Crippen molar-refractivity contribution in [1.82, 2.24) is 14.5 Å². The van der Waals surface area contributed by atoms with Gasteiger partial charge in [-0.25, -0.2) is 9.97 Å². The van der Waals surface area contributed by atoms with E-state index in [4.69, 9.17) is 11.6 Å². The molecule has 1 N–H and O–H groups in total. The quantitative estimate of drug-likeness (QED) is 0.703. The first-order valence-electron chi connectivity index (χ1n) is 9.45. The van der Waals surface area contributed by atoms with Crippen LogP contribution in [0.15, 0.2) is 42.9 Å². The van der Waals surface area contributed by atoms with Gasteiger partial charge >= 0.3 is 0 Å². The lowest BCUT2D eigenvalue weighted by atomic mass is 9.94. The van der Waals surface area contributed by atoms with Crippen LogP contribution in [-0.4, -0.2) is 19.6 Å². The van der Waals surface area contributed by atoms with Crippen molar-refractivity contribution >= 4 is 22.6 Å². The summed E-state index contributed by atoms with van der Waals surface area (Å²) in [7, 11) is 0. The maximum absolute atomic E-state index is 10.8. The topological polar surface area (TPSA) is 50.9 Å². The zero-order chi connectivity index (χ0) is 17.7. The van der Waals surface area contributed by atoms with Gasteiger partial charge in [0.25, 0.3) is 0 Å². The Kier molecular flexibility index (Phi) is 3.98. The standard InChI is InChI=1S/C21H22ClN3O/c22-16-6-3-14(4-7-16)20(26)15-5-8-17(11-15)25-10-9-18-19(13-1-2-13)23-12-24-21(18)25/h3-4,6-7,9-10,12-13,15,17,20,26H,1-2,5,8,11H2. The lowest BCUT2D eigenvalue weighted by molar-refractivity contribution is 0.109. The van der Waals surface area contributed by atoms with E-state index in [1.807, 2.05) is 24.3 Å². The van der Waals surface area contributed by atoms with Crippen LogP contribution in [0.4, 0.5) is 0 Å². The number of hydrogen-bond donors (Lipinski definition) is 1. The van der Waals surface area contributed by atoms with Crippen LogP contribution in [0, 0.1) is 5.92 Å². The minimum Gasteiger partial charge on any atom is -0.388 e. The molecule has 2 aliphatic rings. The predicted molar refractivity (Wildman–Crippen MR) is 102 cm³/mol. The molecule has 0 radical (unpaired) electrons. The number of rotatable bonds is 4. The molecule has 5 rings (SSSR count). The molecule has 3 aromatic rings. The van der Waals surface area contributed by atoms with Crippen LogP contribution in [0.2, 0.25) is 5.02 Å². The fraction of sp³-hybridized carbons (Fsp3) is 0.429. The van der Waals surface area contributed by atoms with Gasteiger partial charge in [-0.3, -0.25) is 0 Å². The Morgan fingerprint density at radius 3 is 2.62 bits per heavy atom. The number of aromatic nitrogens is 3. The van der Waals surface area contributed by atoms with Gasteiger partial charge in [-0.2, -0.15) is 0 Å². The van der Waals surface area contributed by atoms with E-state index >= 15 is 0 Å². The maximum Gasteiger partial charge on any atom is 0.143 e. The Bertz CT molecular complexity index is 932. The summed E-state index contributed by atoms with van der Waals surface area (Å²) in [5.41, 5.74) is 3.22. The van der Waals surface area contributed by atoms with Crippen molar-refractivity contribution in [3.05, 3.63) is 59.1 Å². The molecule has 0 amide bonds. The third kappa shape index (κ3) is 2.81. The average Bonchev–Trinajstić information content (AvgIpc) is 3.23. The molecule has 2 aromatic heterocycles. The summed E-state index contributed by atoms with van der Waals surface area (Å²) in [4.78, 5) is 9.09. The van der Waals surface area contributed by atoms with Gasteiger partial charge in [-0.05, 0) is 61.8 Å². The Labute approximate surface area is 157 Å². The highest BCUT2D eigenvalue weighted by Gasteiger charge is 2.33. The van der Waals surface area contributed by atoms with E-state index < -0.39 is 6.10 Å². The molecule has 0 spiro atoms. The normalized spacial score (nSPS) is 24.2. The van der Waals surface area contributed by atoms with Crippen molar-refractivity contribution in [3.8, 4) is 0 Å². The summed E-state index contributed by atoms with van der Waals surface area (Å²) >= 11 is 5.96. The van der Waals surface area contributed by atoms with E-state index in [2.05, 4.69) is 26.8 Å². The molecule has 0 aliphatic heterocycles. The molecular formula is C21H22ClN3O. The molecule has 4 nitrogen and oxygen atoms in total. The number of halogens is 1. The van der Waals surface area contributed by atoms with Crippen LogP contribution < -0.4 is 0 Å². The van der Waals surface area contributed by atoms with Gasteiger partial charge in [0.1, 0.15) is 12.0 Å². The molecule has 5 heteroatoms. The van der Waals surface area contributed by atoms with E-state index in [1.165, 1.54) is 23.9 Å². The molecule has 1 aromatic carbocycles. The van der Waals surface area contributed by atoms with Gasteiger partial charge in [0.05, 0.1) is 11.8 Å². The highest BCUT2D eigenvalue weighted by molar-refractivity contribution is 6.30. The average molecular weight is 368 g/mol. The molecular weight excluding hydrogens is 346 g/mol. The van der Waals surface area contributed by atoms with Gasteiger partial charge in [0.2, 0.25) is 0 Å². The third-order valence-corrected chi connectivity index (χ3v) is 6.25. The molecule has 2 heterocycles. The van der Waals surface area contributed by atoms with Gasteiger partial charge in [-0.1, -0.05) is 23.7 Å². The first-order chi connectivity index (χ1) is 12.7. The zero-order valence-corrected chi connectivity index (χ0v) is 15.3. The van der Waals surface area contributed by atoms with Gasteiger partial charge < -0.3 is 9.67 Å². The lowest BCUT2D eigenvalue weighted by Crippen LogP contribution is -2.11. The minimum atomic E-state index is -0.434. The Morgan fingerprint density at radius 2 is 1.85 bits per heavy atom. The number of fused-ring (bicyclic) bond motifs is 1. The summed E-state index contributed by atoms with van der Waals surface area (Å²) in [5, 5.41) is 12.7.